The molecule has 1 fully saturated rings. The zero-order chi connectivity index (χ0) is 18.7. The Kier molecular flexibility index (Phi) is 5.38. The highest BCUT2D eigenvalue weighted by Gasteiger charge is 2.26. The number of benzene rings is 1. The van der Waals surface area contributed by atoms with E-state index < -0.39 is 16.0 Å². The Balaban J connectivity index is 1.77. The van der Waals surface area contributed by atoms with Crippen molar-refractivity contribution >= 4 is 16.0 Å². The lowest BCUT2D eigenvalue weighted by atomic mass is 9.92. The van der Waals surface area contributed by atoms with E-state index in [1.165, 1.54) is 6.26 Å². The van der Waals surface area contributed by atoms with E-state index in [1.54, 1.807) is 28.7 Å². The molecule has 1 atom stereocenters. The summed E-state index contributed by atoms with van der Waals surface area (Å²) in [5.41, 5.74) is 2.79. The number of carbonyl (C=O) groups is 1. The molecule has 3 rings (SSSR count). The summed E-state index contributed by atoms with van der Waals surface area (Å²) >= 11 is 0. The fraction of sp³-hybridized carbons (Fsp3) is 0.368. The highest BCUT2D eigenvalue weighted by Crippen LogP contribution is 2.25. The molecule has 0 spiro atoms. The molecule has 2 heterocycles. The number of rotatable bonds is 5. The molecule has 0 bridgehead atoms. The second kappa shape index (κ2) is 7.55. The minimum Gasteiger partial charge on any atom is -0.478 e. The van der Waals surface area contributed by atoms with Crippen molar-refractivity contribution < 1.29 is 18.3 Å². The van der Waals surface area contributed by atoms with Gasteiger partial charge in [-0.2, -0.15) is 0 Å². The van der Waals surface area contributed by atoms with Gasteiger partial charge in [0.1, 0.15) is 0 Å². The number of sulfonamides is 1. The van der Waals surface area contributed by atoms with Crippen LogP contribution >= 0.6 is 0 Å². The van der Waals surface area contributed by atoms with Crippen LogP contribution in [0, 0.1) is 5.92 Å². The molecule has 6 nitrogen and oxygen atoms in total. The largest absolute Gasteiger partial charge is 0.478 e. The lowest BCUT2D eigenvalue weighted by Gasteiger charge is -2.31. The van der Waals surface area contributed by atoms with E-state index in [2.05, 4.69) is 4.98 Å². The van der Waals surface area contributed by atoms with Crippen LogP contribution in [0.4, 0.5) is 0 Å². The van der Waals surface area contributed by atoms with Crippen LogP contribution in [-0.2, 0) is 16.4 Å². The number of piperidine rings is 1. The normalized spacial score (nSPS) is 18.6. The standard InChI is InChI=1S/C19H22N2O4S/c1-26(24,25)21-9-3-4-15(13-21)10-14-7-8-20-18(11-14)16-5-2-6-17(12-16)19(22)23/h2,5-8,11-12,15H,3-4,9-10,13H2,1H3,(H,22,23)/t15-/m1/s1. The van der Waals surface area contributed by atoms with E-state index in [0.29, 0.717) is 13.1 Å². The number of aromatic nitrogens is 1. The van der Waals surface area contributed by atoms with Crippen LogP contribution in [0.1, 0.15) is 28.8 Å². The number of aromatic carboxylic acids is 1. The minimum atomic E-state index is -3.15. The third-order valence-corrected chi connectivity index (χ3v) is 5.97. The fourth-order valence-corrected chi connectivity index (χ4v) is 4.34. The fourth-order valence-electron chi connectivity index (χ4n) is 3.40. The summed E-state index contributed by atoms with van der Waals surface area (Å²) in [6.07, 6.45) is 5.62. The Morgan fingerprint density at radius 1 is 1.31 bits per heavy atom. The predicted molar refractivity (Wildman–Crippen MR) is 99.5 cm³/mol. The van der Waals surface area contributed by atoms with Gasteiger partial charge in [0.05, 0.1) is 17.5 Å². The Bertz CT molecular complexity index is 911. The average Bonchev–Trinajstić information content (AvgIpc) is 2.61. The average molecular weight is 374 g/mol. The van der Waals surface area contributed by atoms with E-state index >= 15 is 0 Å². The zero-order valence-electron chi connectivity index (χ0n) is 14.6. The Labute approximate surface area is 153 Å². The van der Waals surface area contributed by atoms with E-state index in [0.717, 1.165) is 36.1 Å². The van der Waals surface area contributed by atoms with Crippen molar-refractivity contribution in [3.05, 3.63) is 53.7 Å². The summed E-state index contributed by atoms with van der Waals surface area (Å²) in [6, 6.07) is 10.6. The lowest BCUT2D eigenvalue weighted by molar-refractivity contribution is 0.0697. The number of hydrogen-bond acceptors (Lipinski definition) is 4. The van der Waals surface area contributed by atoms with Crippen molar-refractivity contribution in [2.45, 2.75) is 19.3 Å². The van der Waals surface area contributed by atoms with Crippen molar-refractivity contribution in [1.29, 1.82) is 0 Å². The maximum atomic E-state index is 11.8. The molecule has 0 amide bonds. The van der Waals surface area contributed by atoms with Gasteiger partial charge < -0.3 is 5.11 Å². The first kappa shape index (κ1) is 18.5. The predicted octanol–water partition coefficient (Wildman–Crippen LogP) is 2.66. The van der Waals surface area contributed by atoms with Gasteiger partial charge in [-0.15, -0.1) is 0 Å². The highest BCUT2D eigenvalue weighted by atomic mass is 32.2. The molecular weight excluding hydrogens is 352 g/mol. The zero-order valence-corrected chi connectivity index (χ0v) is 15.4. The molecular formula is C19H22N2O4S. The Morgan fingerprint density at radius 3 is 2.85 bits per heavy atom. The number of carboxylic acid groups (broad SMARTS) is 1. The molecule has 1 N–H and O–H groups in total. The smallest absolute Gasteiger partial charge is 0.335 e. The first-order valence-electron chi connectivity index (χ1n) is 8.57. The maximum Gasteiger partial charge on any atom is 0.335 e. The maximum absolute atomic E-state index is 11.8. The third kappa shape index (κ3) is 4.47. The molecule has 2 aromatic rings. The molecule has 138 valence electrons. The molecule has 0 radical (unpaired) electrons. The van der Waals surface area contributed by atoms with Crippen LogP contribution in [0.3, 0.4) is 0 Å². The van der Waals surface area contributed by atoms with Gasteiger partial charge in [-0.25, -0.2) is 17.5 Å². The van der Waals surface area contributed by atoms with E-state index in [1.807, 2.05) is 18.2 Å². The van der Waals surface area contributed by atoms with Gasteiger partial charge in [-0.05, 0) is 55.0 Å². The first-order valence-corrected chi connectivity index (χ1v) is 10.4. The Morgan fingerprint density at radius 2 is 2.12 bits per heavy atom. The summed E-state index contributed by atoms with van der Waals surface area (Å²) in [5.74, 6) is -0.690. The molecule has 1 aromatic heterocycles. The van der Waals surface area contributed by atoms with Crippen LogP contribution in [0.2, 0.25) is 0 Å². The molecule has 1 saturated heterocycles. The molecule has 1 aliphatic rings. The summed E-state index contributed by atoms with van der Waals surface area (Å²) < 4.78 is 25.1. The van der Waals surface area contributed by atoms with Crippen LogP contribution in [0.15, 0.2) is 42.6 Å². The van der Waals surface area contributed by atoms with Gasteiger partial charge in [-0.1, -0.05) is 12.1 Å². The molecule has 0 saturated carbocycles. The minimum absolute atomic E-state index is 0.228. The first-order chi connectivity index (χ1) is 12.3. The van der Waals surface area contributed by atoms with E-state index in [-0.39, 0.29) is 11.5 Å². The molecule has 0 aliphatic carbocycles. The van der Waals surface area contributed by atoms with Crippen LogP contribution in [-0.4, -0.2) is 48.1 Å². The summed E-state index contributed by atoms with van der Waals surface area (Å²) in [4.78, 5) is 15.5. The second-order valence-electron chi connectivity index (χ2n) is 6.77. The Hall–Kier alpha value is -2.25. The quantitative estimate of drug-likeness (QED) is 0.869. The van der Waals surface area contributed by atoms with Crippen molar-refractivity contribution in [1.82, 2.24) is 9.29 Å². The third-order valence-electron chi connectivity index (χ3n) is 4.70. The van der Waals surface area contributed by atoms with Crippen molar-refractivity contribution in [2.24, 2.45) is 5.92 Å². The molecule has 1 aromatic carbocycles. The van der Waals surface area contributed by atoms with E-state index in [9.17, 15) is 13.2 Å². The number of hydrogen-bond donors (Lipinski definition) is 1. The SMILES string of the molecule is CS(=O)(=O)N1CCC[C@H](Cc2ccnc(-c3cccc(C(=O)O)c3)c2)C1. The van der Waals surface area contributed by atoms with Gasteiger partial charge in [0, 0.05) is 24.8 Å². The molecule has 0 unspecified atom stereocenters. The molecule has 26 heavy (non-hydrogen) atoms. The number of pyridine rings is 1. The van der Waals surface area contributed by atoms with Gasteiger partial charge in [0.15, 0.2) is 0 Å². The molecule has 7 heteroatoms. The van der Waals surface area contributed by atoms with Crippen LogP contribution < -0.4 is 0 Å². The van der Waals surface area contributed by atoms with Crippen LogP contribution in [0.25, 0.3) is 11.3 Å². The van der Waals surface area contributed by atoms with Gasteiger partial charge in [0.2, 0.25) is 10.0 Å². The van der Waals surface area contributed by atoms with Crippen molar-refractivity contribution in [3.8, 4) is 11.3 Å². The highest BCUT2D eigenvalue weighted by molar-refractivity contribution is 7.88. The lowest BCUT2D eigenvalue weighted by Crippen LogP contribution is -2.39. The van der Waals surface area contributed by atoms with Crippen molar-refractivity contribution in [2.75, 3.05) is 19.3 Å². The van der Waals surface area contributed by atoms with E-state index in [4.69, 9.17) is 5.11 Å². The number of carboxylic acids is 1. The van der Waals surface area contributed by atoms with Gasteiger partial charge in [0.25, 0.3) is 0 Å². The van der Waals surface area contributed by atoms with Crippen molar-refractivity contribution in [3.63, 3.8) is 0 Å². The second-order valence-corrected chi connectivity index (χ2v) is 8.75. The topological polar surface area (TPSA) is 87.6 Å². The summed E-state index contributed by atoms with van der Waals surface area (Å²) in [5, 5.41) is 9.14. The molecule has 1 aliphatic heterocycles. The summed E-state index contributed by atoms with van der Waals surface area (Å²) in [7, 11) is -3.15. The van der Waals surface area contributed by atoms with Gasteiger partial charge >= 0.3 is 5.97 Å². The monoisotopic (exact) mass is 374 g/mol. The summed E-state index contributed by atoms with van der Waals surface area (Å²) in [6.45, 7) is 1.14. The number of nitrogens with zero attached hydrogens (tertiary/aromatic N) is 2. The van der Waals surface area contributed by atoms with Gasteiger partial charge in [-0.3, -0.25) is 4.98 Å². The van der Waals surface area contributed by atoms with Crippen LogP contribution in [0.5, 0.6) is 0 Å².